The first kappa shape index (κ1) is 20.6. The first-order valence-corrected chi connectivity index (χ1v) is 9.00. The molecule has 0 N–H and O–H groups in total. The Labute approximate surface area is 167 Å². The number of halogens is 1. The smallest absolute Gasteiger partial charge is 0.257 e. The molecule has 1 atom stereocenters. The van der Waals surface area contributed by atoms with Crippen molar-refractivity contribution in [1.82, 2.24) is 4.90 Å². The van der Waals surface area contributed by atoms with Crippen molar-refractivity contribution in [3.05, 3.63) is 66.0 Å². The minimum absolute atomic E-state index is 0.0739. The molecule has 0 aromatic heterocycles. The molecule has 2 aromatic carbocycles. The zero-order valence-electron chi connectivity index (χ0n) is 16.1. The first-order valence-electron chi connectivity index (χ1n) is 9.00. The van der Waals surface area contributed by atoms with Gasteiger partial charge in [0.2, 0.25) is 5.91 Å². The largest absolute Gasteiger partial charge is 0.354 e. The quantitative estimate of drug-likeness (QED) is 0.526. The minimum atomic E-state index is -1.02. The van der Waals surface area contributed by atoms with E-state index >= 15 is 0 Å². The van der Waals surface area contributed by atoms with Crippen LogP contribution in [-0.4, -0.2) is 55.7 Å². The number of nitrogens with zero attached hydrogens (tertiary/aromatic N) is 2. The van der Waals surface area contributed by atoms with Crippen molar-refractivity contribution in [3.8, 4) is 0 Å². The Kier molecular flexibility index (Phi) is 6.36. The standard InChI is InChI=1S/C21H21FN2O5/c1-28-19(29-2)13-23(20(26)14-8-10-15(22)11-9-14)17-12-18(25)24(21(17)27)16-6-4-3-5-7-16/h3-11,17,19H,12-13H2,1-2H3. The maximum atomic E-state index is 13.3. The van der Waals surface area contributed by atoms with Crippen LogP contribution < -0.4 is 4.90 Å². The Bertz CT molecular complexity index is 884. The fraction of sp³-hybridized carbons (Fsp3) is 0.286. The van der Waals surface area contributed by atoms with E-state index in [0.717, 1.165) is 17.0 Å². The van der Waals surface area contributed by atoms with Crippen LogP contribution in [-0.2, 0) is 19.1 Å². The van der Waals surface area contributed by atoms with Crippen molar-refractivity contribution in [2.45, 2.75) is 18.8 Å². The van der Waals surface area contributed by atoms with E-state index in [4.69, 9.17) is 9.47 Å². The van der Waals surface area contributed by atoms with Gasteiger partial charge in [0.15, 0.2) is 6.29 Å². The number of para-hydroxylation sites is 1. The van der Waals surface area contributed by atoms with E-state index in [1.54, 1.807) is 30.3 Å². The summed E-state index contributed by atoms with van der Waals surface area (Å²) < 4.78 is 23.6. The molecule has 3 amide bonds. The monoisotopic (exact) mass is 400 g/mol. The number of carbonyl (C=O) groups is 3. The van der Waals surface area contributed by atoms with Crippen LogP contribution in [0.4, 0.5) is 10.1 Å². The zero-order valence-corrected chi connectivity index (χ0v) is 16.1. The molecule has 1 aliphatic heterocycles. The van der Waals surface area contributed by atoms with Gasteiger partial charge in [0.1, 0.15) is 11.9 Å². The summed E-state index contributed by atoms with van der Waals surface area (Å²) in [5.41, 5.74) is 0.630. The third-order valence-corrected chi connectivity index (χ3v) is 4.74. The highest BCUT2D eigenvalue weighted by Gasteiger charge is 2.45. The van der Waals surface area contributed by atoms with E-state index in [2.05, 4.69) is 0 Å². The average molecular weight is 400 g/mol. The van der Waals surface area contributed by atoms with Gasteiger partial charge in [-0.15, -0.1) is 0 Å². The maximum absolute atomic E-state index is 13.3. The summed E-state index contributed by atoms with van der Waals surface area (Å²) in [5.74, 6) is -1.93. The summed E-state index contributed by atoms with van der Waals surface area (Å²) >= 11 is 0. The van der Waals surface area contributed by atoms with Crippen molar-refractivity contribution in [1.29, 1.82) is 0 Å². The zero-order chi connectivity index (χ0) is 21.0. The highest BCUT2D eigenvalue weighted by atomic mass is 19.1. The number of amides is 3. The number of rotatable bonds is 7. The fourth-order valence-electron chi connectivity index (χ4n) is 3.22. The number of carbonyl (C=O) groups excluding carboxylic acids is 3. The van der Waals surface area contributed by atoms with Crippen LogP contribution in [0.1, 0.15) is 16.8 Å². The van der Waals surface area contributed by atoms with Crippen LogP contribution in [0, 0.1) is 5.82 Å². The number of hydrogen-bond acceptors (Lipinski definition) is 5. The van der Waals surface area contributed by atoms with Gasteiger partial charge in [0.05, 0.1) is 18.7 Å². The van der Waals surface area contributed by atoms with Gasteiger partial charge in [0, 0.05) is 19.8 Å². The van der Waals surface area contributed by atoms with Crippen LogP contribution in [0.15, 0.2) is 54.6 Å². The molecular formula is C21H21FN2O5. The van der Waals surface area contributed by atoms with Crippen LogP contribution >= 0.6 is 0 Å². The molecule has 2 aromatic rings. The molecule has 0 saturated carbocycles. The Balaban J connectivity index is 1.93. The Morgan fingerprint density at radius 3 is 2.31 bits per heavy atom. The van der Waals surface area contributed by atoms with E-state index < -0.39 is 35.9 Å². The first-order chi connectivity index (χ1) is 14.0. The van der Waals surface area contributed by atoms with Gasteiger partial charge in [-0.05, 0) is 36.4 Å². The Morgan fingerprint density at radius 1 is 1.10 bits per heavy atom. The molecule has 3 rings (SSSR count). The molecule has 0 spiro atoms. The fourth-order valence-corrected chi connectivity index (χ4v) is 3.22. The van der Waals surface area contributed by atoms with E-state index in [9.17, 15) is 18.8 Å². The highest BCUT2D eigenvalue weighted by Crippen LogP contribution is 2.27. The predicted octanol–water partition coefficient (Wildman–Crippen LogP) is 2.22. The molecular weight excluding hydrogens is 379 g/mol. The summed E-state index contributed by atoms with van der Waals surface area (Å²) in [5, 5.41) is 0. The Hall–Kier alpha value is -3.10. The van der Waals surface area contributed by atoms with E-state index in [0.29, 0.717) is 5.69 Å². The van der Waals surface area contributed by atoms with Crippen LogP contribution in [0.2, 0.25) is 0 Å². The lowest BCUT2D eigenvalue weighted by Gasteiger charge is -2.30. The lowest BCUT2D eigenvalue weighted by Crippen LogP contribution is -2.49. The lowest BCUT2D eigenvalue weighted by molar-refractivity contribution is -0.128. The molecule has 1 saturated heterocycles. The van der Waals surface area contributed by atoms with Gasteiger partial charge in [0.25, 0.3) is 11.8 Å². The number of imide groups is 1. The van der Waals surface area contributed by atoms with E-state index in [1.807, 2.05) is 0 Å². The van der Waals surface area contributed by atoms with Crippen LogP contribution in [0.25, 0.3) is 0 Å². The second-order valence-electron chi connectivity index (χ2n) is 6.49. The molecule has 0 radical (unpaired) electrons. The number of methoxy groups -OCH3 is 2. The second-order valence-corrected chi connectivity index (χ2v) is 6.49. The molecule has 0 aliphatic carbocycles. The second kappa shape index (κ2) is 8.93. The topological polar surface area (TPSA) is 76.2 Å². The Morgan fingerprint density at radius 2 is 1.72 bits per heavy atom. The minimum Gasteiger partial charge on any atom is -0.354 e. The summed E-state index contributed by atoms with van der Waals surface area (Å²) in [6, 6.07) is 12.5. The van der Waals surface area contributed by atoms with Crippen LogP contribution in [0.5, 0.6) is 0 Å². The summed E-state index contributed by atoms with van der Waals surface area (Å²) in [4.78, 5) is 41.1. The molecule has 1 fully saturated rings. The maximum Gasteiger partial charge on any atom is 0.257 e. The van der Waals surface area contributed by atoms with Gasteiger partial charge in [-0.2, -0.15) is 0 Å². The molecule has 152 valence electrons. The van der Waals surface area contributed by atoms with Crippen molar-refractivity contribution >= 4 is 23.4 Å². The molecule has 1 unspecified atom stereocenters. The number of benzene rings is 2. The third kappa shape index (κ3) is 4.33. The van der Waals surface area contributed by atoms with Gasteiger partial charge < -0.3 is 14.4 Å². The number of anilines is 1. The summed E-state index contributed by atoms with van der Waals surface area (Å²) in [6.45, 7) is -0.0739. The number of hydrogen-bond donors (Lipinski definition) is 0. The molecule has 0 bridgehead atoms. The SMILES string of the molecule is COC(CN(C(=O)c1ccc(F)cc1)C1CC(=O)N(c2ccccc2)C1=O)OC. The van der Waals surface area contributed by atoms with Crippen molar-refractivity contribution in [3.63, 3.8) is 0 Å². The van der Waals surface area contributed by atoms with E-state index in [-0.39, 0.29) is 18.5 Å². The highest BCUT2D eigenvalue weighted by molar-refractivity contribution is 6.23. The normalized spacial score (nSPS) is 16.6. The van der Waals surface area contributed by atoms with Gasteiger partial charge in [-0.1, -0.05) is 18.2 Å². The van der Waals surface area contributed by atoms with Gasteiger partial charge in [-0.25, -0.2) is 9.29 Å². The van der Waals surface area contributed by atoms with E-state index in [1.165, 1.54) is 31.3 Å². The summed E-state index contributed by atoms with van der Waals surface area (Å²) in [7, 11) is 2.82. The lowest BCUT2D eigenvalue weighted by atomic mass is 10.1. The average Bonchev–Trinajstić information content (AvgIpc) is 3.03. The third-order valence-electron chi connectivity index (χ3n) is 4.74. The van der Waals surface area contributed by atoms with Crippen LogP contribution in [0.3, 0.4) is 0 Å². The van der Waals surface area contributed by atoms with Gasteiger partial charge >= 0.3 is 0 Å². The molecule has 1 heterocycles. The molecule has 29 heavy (non-hydrogen) atoms. The molecule has 8 heteroatoms. The molecule has 7 nitrogen and oxygen atoms in total. The van der Waals surface area contributed by atoms with Crippen molar-refractivity contribution in [2.75, 3.05) is 25.7 Å². The van der Waals surface area contributed by atoms with Crippen molar-refractivity contribution < 1.29 is 28.2 Å². The number of ether oxygens (including phenoxy) is 2. The van der Waals surface area contributed by atoms with Gasteiger partial charge in [-0.3, -0.25) is 14.4 Å². The summed E-state index contributed by atoms with van der Waals surface area (Å²) in [6.07, 6.45) is -0.964. The molecule has 1 aliphatic rings. The predicted molar refractivity (Wildman–Crippen MR) is 103 cm³/mol. The van der Waals surface area contributed by atoms with Crippen molar-refractivity contribution in [2.24, 2.45) is 0 Å².